The molecule has 6 nitrogen and oxygen atoms in total. The Labute approximate surface area is 147 Å². The average Bonchev–Trinajstić information content (AvgIpc) is 2.54. The van der Waals surface area contributed by atoms with Crippen molar-refractivity contribution in [1.82, 2.24) is 0 Å². The molecular weight excluding hydrogens is 411 g/mol. The maximum atomic E-state index is 12.4. The van der Waals surface area contributed by atoms with Crippen LogP contribution in [0.4, 0.5) is 11.4 Å². The molecule has 0 aromatic heterocycles. The number of rotatable bonds is 6. The van der Waals surface area contributed by atoms with Gasteiger partial charge >= 0.3 is 0 Å². The van der Waals surface area contributed by atoms with Gasteiger partial charge < -0.3 is 10.1 Å². The summed E-state index contributed by atoms with van der Waals surface area (Å²) in [6.07, 6.45) is 0.852. The third-order valence-corrected chi connectivity index (χ3v) is 3.94. The van der Waals surface area contributed by atoms with Crippen LogP contribution in [0.5, 0.6) is 5.75 Å². The van der Waals surface area contributed by atoms with E-state index in [1.165, 1.54) is 12.1 Å². The third-order valence-electron chi connectivity index (χ3n) is 3.00. The number of nitrogens with one attached hydrogen (secondary N) is 1. The van der Waals surface area contributed by atoms with Crippen LogP contribution in [-0.2, 0) is 0 Å². The number of hydrogen-bond acceptors (Lipinski definition) is 4. The van der Waals surface area contributed by atoms with Crippen LogP contribution in [0.1, 0.15) is 23.7 Å². The Hall–Kier alpha value is -2.16. The van der Waals surface area contributed by atoms with Gasteiger partial charge in [0.25, 0.3) is 11.6 Å². The molecule has 2 aromatic rings. The molecule has 7 heteroatoms. The van der Waals surface area contributed by atoms with Crippen molar-refractivity contribution in [3.8, 4) is 5.75 Å². The second-order valence-electron chi connectivity index (χ2n) is 4.72. The van der Waals surface area contributed by atoms with E-state index in [1.54, 1.807) is 24.3 Å². The average molecular weight is 426 g/mol. The molecule has 0 spiro atoms. The number of ether oxygens (including phenoxy) is 1. The Bertz CT molecular complexity index is 734. The summed E-state index contributed by atoms with van der Waals surface area (Å²) in [6.45, 7) is 2.54. The van der Waals surface area contributed by atoms with Crippen LogP contribution in [0.15, 0.2) is 42.5 Å². The first-order valence-corrected chi connectivity index (χ1v) is 8.08. The van der Waals surface area contributed by atoms with Crippen molar-refractivity contribution in [2.75, 3.05) is 11.9 Å². The van der Waals surface area contributed by atoms with E-state index in [0.29, 0.717) is 21.6 Å². The smallest absolute Gasteiger partial charge is 0.270 e. The number of para-hydroxylation sites is 2. The van der Waals surface area contributed by atoms with Crippen molar-refractivity contribution < 1.29 is 14.5 Å². The molecule has 0 heterocycles. The number of non-ortho nitro benzene ring substituents is 1. The van der Waals surface area contributed by atoms with E-state index in [0.717, 1.165) is 6.42 Å². The number of carbonyl (C=O) groups is 1. The Morgan fingerprint density at radius 1 is 1.30 bits per heavy atom. The minimum Gasteiger partial charge on any atom is -0.491 e. The molecule has 0 fully saturated rings. The van der Waals surface area contributed by atoms with Gasteiger partial charge in [-0.1, -0.05) is 19.1 Å². The zero-order valence-electron chi connectivity index (χ0n) is 12.4. The maximum absolute atomic E-state index is 12.4. The number of hydrogen-bond donors (Lipinski definition) is 1. The van der Waals surface area contributed by atoms with Crippen LogP contribution in [0, 0.1) is 13.7 Å². The van der Waals surface area contributed by atoms with Crippen LogP contribution in [-0.4, -0.2) is 17.4 Å². The van der Waals surface area contributed by atoms with Gasteiger partial charge in [-0.15, -0.1) is 0 Å². The van der Waals surface area contributed by atoms with E-state index in [-0.39, 0.29) is 11.3 Å². The molecule has 0 saturated carbocycles. The summed E-state index contributed by atoms with van der Waals surface area (Å²) in [5.74, 6) is 0.161. The van der Waals surface area contributed by atoms with Gasteiger partial charge in [0.15, 0.2) is 0 Å². The normalized spacial score (nSPS) is 10.2. The molecule has 0 aliphatic carbocycles. The fourth-order valence-electron chi connectivity index (χ4n) is 1.90. The molecule has 23 heavy (non-hydrogen) atoms. The monoisotopic (exact) mass is 426 g/mol. The van der Waals surface area contributed by atoms with Gasteiger partial charge in [-0.25, -0.2) is 0 Å². The lowest BCUT2D eigenvalue weighted by Gasteiger charge is -2.12. The minimum atomic E-state index is -0.523. The van der Waals surface area contributed by atoms with E-state index >= 15 is 0 Å². The van der Waals surface area contributed by atoms with Crippen LogP contribution < -0.4 is 10.1 Å². The van der Waals surface area contributed by atoms with Crippen molar-refractivity contribution >= 4 is 39.9 Å². The highest BCUT2D eigenvalue weighted by atomic mass is 127. The zero-order valence-corrected chi connectivity index (χ0v) is 14.6. The summed E-state index contributed by atoms with van der Waals surface area (Å²) in [7, 11) is 0. The Kier molecular flexibility index (Phi) is 5.91. The molecule has 120 valence electrons. The first-order valence-electron chi connectivity index (χ1n) is 7.00. The quantitative estimate of drug-likeness (QED) is 0.426. The van der Waals surface area contributed by atoms with Gasteiger partial charge in [-0.2, -0.15) is 0 Å². The number of amides is 1. The van der Waals surface area contributed by atoms with E-state index in [1.807, 2.05) is 35.6 Å². The topological polar surface area (TPSA) is 81.5 Å². The lowest BCUT2D eigenvalue weighted by Crippen LogP contribution is -2.14. The number of nitro benzene ring substituents is 1. The zero-order chi connectivity index (χ0) is 16.8. The predicted molar refractivity (Wildman–Crippen MR) is 96.0 cm³/mol. The van der Waals surface area contributed by atoms with Crippen molar-refractivity contribution in [2.24, 2.45) is 0 Å². The van der Waals surface area contributed by atoms with Crippen molar-refractivity contribution in [2.45, 2.75) is 13.3 Å². The molecule has 2 rings (SSSR count). The Morgan fingerprint density at radius 3 is 2.74 bits per heavy atom. The fraction of sp³-hybridized carbons (Fsp3) is 0.188. The SMILES string of the molecule is CCCOc1ccccc1NC(=O)c1cc([N+](=O)[O-])ccc1I. The molecule has 1 amide bonds. The predicted octanol–water partition coefficient (Wildman–Crippen LogP) is 4.24. The van der Waals surface area contributed by atoms with Crippen LogP contribution >= 0.6 is 22.6 Å². The Morgan fingerprint density at radius 2 is 2.04 bits per heavy atom. The number of nitrogens with zero attached hydrogens (tertiary/aromatic N) is 1. The van der Waals surface area contributed by atoms with Crippen molar-refractivity contribution in [3.05, 3.63) is 61.7 Å². The summed E-state index contributed by atoms with van der Waals surface area (Å²) in [6, 6.07) is 11.3. The highest BCUT2D eigenvalue weighted by molar-refractivity contribution is 14.1. The lowest BCUT2D eigenvalue weighted by atomic mass is 10.2. The second kappa shape index (κ2) is 7.91. The molecule has 1 N–H and O–H groups in total. The minimum absolute atomic E-state index is 0.119. The summed E-state index contributed by atoms with van der Waals surface area (Å²) in [5, 5.41) is 13.6. The van der Waals surface area contributed by atoms with Gasteiger partial charge in [0.05, 0.1) is 22.8 Å². The lowest BCUT2D eigenvalue weighted by molar-refractivity contribution is -0.384. The molecule has 0 atom stereocenters. The standard InChI is InChI=1S/C16H15IN2O4/c1-2-9-23-15-6-4-3-5-14(15)18-16(20)12-10-11(19(21)22)7-8-13(12)17/h3-8,10H,2,9H2,1H3,(H,18,20). The molecular formula is C16H15IN2O4. The molecule has 0 saturated heterocycles. The van der Waals surface area contributed by atoms with Gasteiger partial charge in [0, 0.05) is 15.7 Å². The number of anilines is 1. The first-order chi connectivity index (χ1) is 11.0. The van der Waals surface area contributed by atoms with Crippen molar-refractivity contribution in [3.63, 3.8) is 0 Å². The first kappa shape index (κ1) is 17.2. The number of benzene rings is 2. The number of carbonyl (C=O) groups excluding carboxylic acids is 1. The van der Waals surface area contributed by atoms with Crippen LogP contribution in [0.25, 0.3) is 0 Å². The molecule has 0 aliphatic heterocycles. The number of nitro groups is 1. The van der Waals surface area contributed by atoms with Crippen LogP contribution in [0.2, 0.25) is 0 Å². The molecule has 2 aromatic carbocycles. The molecule has 0 radical (unpaired) electrons. The Balaban J connectivity index is 2.26. The molecule has 0 bridgehead atoms. The second-order valence-corrected chi connectivity index (χ2v) is 5.88. The van der Waals surface area contributed by atoms with Gasteiger partial charge in [-0.3, -0.25) is 14.9 Å². The summed E-state index contributed by atoms with van der Waals surface area (Å²) in [4.78, 5) is 22.8. The van der Waals surface area contributed by atoms with Gasteiger partial charge in [-0.05, 0) is 47.2 Å². The fourth-order valence-corrected chi connectivity index (χ4v) is 2.48. The highest BCUT2D eigenvalue weighted by Crippen LogP contribution is 2.26. The van der Waals surface area contributed by atoms with Crippen molar-refractivity contribution in [1.29, 1.82) is 0 Å². The van der Waals surface area contributed by atoms with E-state index < -0.39 is 10.8 Å². The third kappa shape index (κ3) is 4.41. The molecule has 0 unspecified atom stereocenters. The van der Waals surface area contributed by atoms with Gasteiger partial charge in [0.1, 0.15) is 5.75 Å². The van der Waals surface area contributed by atoms with Gasteiger partial charge in [0.2, 0.25) is 0 Å². The molecule has 0 aliphatic rings. The van der Waals surface area contributed by atoms with E-state index in [4.69, 9.17) is 4.74 Å². The van der Waals surface area contributed by atoms with E-state index in [2.05, 4.69) is 5.32 Å². The highest BCUT2D eigenvalue weighted by Gasteiger charge is 2.16. The van der Waals surface area contributed by atoms with E-state index in [9.17, 15) is 14.9 Å². The number of halogens is 1. The van der Waals surface area contributed by atoms with Crippen LogP contribution in [0.3, 0.4) is 0 Å². The summed E-state index contributed by atoms with van der Waals surface area (Å²) < 4.78 is 6.23. The largest absolute Gasteiger partial charge is 0.491 e. The summed E-state index contributed by atoms with van der Waals surface area (Å²) in [5.41, 5.74) is 0.671. The summed E-state index contributed by atoms with van der Waals surface area (Å²) >= 11 is 1.98. The maximum Gasteiger partial charge on any atom is 0.270 e.